The Balaban J connectivity index is 1.40. The number of hydrogen-bond acceptors (Lipinski definition) is 9. The lowest BCUT2D eigenvalue weighted by Crippen LogP contribution is -2.49. The molecule has 0 spiro atoms. The van der Waals surface area contributed by atoms with Crippen molar-refractivity contribution in [1.82, 2.24) is 24.8 Å². The van der Waals surface area contributed by atoms with E-state index in [4.69, 9.17) is 19.7 Å². The Morgan fingerprint density at radius 2 is 2.05 bits per heavy atom. The summed E-state index contributed by atoms with van der Waals surface area (Å²) in [5.74, 6) is 0.246. The first-order valence-electron chi connectivity index (χ1n) is 12.4. The van der Waals surface area contributed by atoms with E-state index in [9.17, 15) is 14.3 Å². The Morgan fingerprint density at radius 3 is 2.74 bits per heavy atom. The van der Waals surface area contributed by atoms with Gasteiger partial charge in [0.25, 0.3) is 0 Å². The molecule has 1 atom stereocenters. The van der Waals surface area contributed by atoms with Crippen molar-refractivity contribution in [2.75, 3.05) is 38.2 Å². The second-order valence-electron chi connectivity index (χ2n) is 9.66. The van der Waals surface area contributed by atoms with Crippen LogP contribution in [-0.4, -0.2) is 74.8 Å². The van der Waals surface area contributed by atoms with Crippen molar-refractivity contribution in [2.24, 2.45) is 5.41 Å². The van der Waals surface area contributed by atoms with E-state index in [0.29, 0.717) is 66.9 Å². The normalized spacial score (nSPS) is 23.3. The molecule has 3 N–H and O–H groups in total. The number of ether oxygens (including phenoxy) is 2. The molecule has 1 aromatic carbocycles. The minimum Gasteiger partial charge on any atom is -0.391 e. The molecule has 2 fully saturated rings. The van der Waals surface area contributed by atoms with E-state index >= 15 is 0 Å². The van der Waals surface area contributed by atoms with Gasteiger partial charge in [0.05, 0.1) is 54.3 Å². The number of H-pyrrole nitrogens is 1. The number of likely N-dealkylation sites (tertiary alicyclic amines) is 1. The smallest absolute Gasteiger partial charge is 0.233 e. The Morgan fingerprint density at radius 1 is 1.29 bits per heavy atom. The van der Waals surface area contributed by atoms with Gasteiger partial charge in [-0.2, -0.15) is 5.26 Å². The number of halogens is 1. The highest BCUT2D eigenvalue weighted by atomic mass is 19.1. The quantitative estimate of drug-likeness (QED) is 0.399. The Kier molecular flexibility index (Phi) is 7.33. The third-order valence-corrected chi connectivity index (χ3v) is 6.57. The fraction of sp³-hybridized carbons (Fsp3) is 0.423. The van der Waals surface area contributed by atoms with Crippen LogP contribution in [0.1, 0.15) is 31.9 Å². The number of nitrogens with one attached hydrogen (secondary N) is 2. The number of amides is 1. The maximum absolute atomic E-state index is 13.6. The third kappa shape index (κ3) is 5.35. The van der Waals surface area contributed by atoms with Crippen molar-refractivity contribution in [2.45, 2.75) is 32.2 Å². The summed E-state index contributed by atoms with van der Waals surface area (Å²) in [5.41, 5.74) is 1.38. The molecule has 0 bridgehead atoms. The summed E-state index contributed by atoms with van der Waals surface area (Å²) in [7, 11) is 0. The standard InChI is InChI=1S/C26H28FN7O4/c1-26(24(36)34-12-8-18(35)13-34)14-37-23(38-15-26)22-32-20(16-3-5-17(27)6-4-16)21(33-22)19-7-11-30-25(31-19)29-10-2-9-28/h3-7,11,18,23,35H,2,8,10,12-15H2,1H3,(H,32,33)(H,29,30,31). The zero-order chi connectivity index (χ0) is 26.7. The van der Waals surface area contributed by atoms with Gasteiger partial charge in [0.15, 0.2) is 5.82 Å². The number of imidazole rings is 1. The number of benzene rings is 1. The lowest BCUT2D eigenvalue weighted by atomic mass is 9.90. The van der Waals surface area contributed by atoms with Gasteiger partial charge in [-0.05, 0) is 43.7 Å². The van der Waals surface area contributed by atoms with E-state index in [1.165, 1.54) is 12.1 Å². The molecule has 3 aromatic rings. The van der Waals surface area contributed by atoms with Crippen molar-refractivity contribution in [3.05, 3.63) is 48.2 Å². The average molecular weight is 522 g/mol. The summed E-state index contributed by atoms with van der Waals surface area (Å²) in [6.07, 6.45) is 1.09. The minimum atomic E-state index is -0.883. The number of nitrogens with zero attached hydrogens (tertiary/aromatic N) is 5. The first kappa shape index (κ1) is 25.7. The highest BCUT2D eigenvalue weighted by Gasteiger charge is 2.44. The molecule has 2 saturated heterocycles. The molecule has 38 heavy (non-hydrogen) atoms. The van der Waals surface area contributed by atoms with E-state index in [-0.39, 0.29) is 24.9 Å². The van der Waals surface area contributed by atoms with E-state index in [1.54, 1.807) is 36.2 Å². The lowest BCUT2D eigenvalue weighted by molar-refractivity contribution is -0.234. The van der Waals surface area contributed by atoms with Crippen LogP contribution in [0.5, 0.6) is 0 Å². The second kappa shape index (κ2) is 10.8. The Bertz CT molecular complexity index is 1330. The molecule has 2 aliphatic rings. The molecule has 0 aliphatic carbocycles. The van der Waals surface area contributed by atoms with Crippen molar-refractivity contribution in [3.63, 3.8) is 0 Å². The highest BCUT2D eigenvalue weighted by molar-refractivity contribution is 5.83. The SMILES string of the molecule is CC1(C(=O)N2CCC(O)C2)COC(c2nc(-c3ccc(F)cc3)c(-c3ccnc(NCCC#N)n3)[nH]2)OC1. The molecule has 5 rings (SSSR count). The van der Waals surface area contributed by atoms with Gasteiger partial charge >= 0.3 is 0 Å². The van der Waals surface area contributed by atoms with Gasteiger partial charge in [0, 0.05) is 31.4 Å². The number of rotatable bonds is 7. The van der Waals surface area contributed by atoms with Crippen LogP contribution in [0.3, 0.4) is 0 Å². The maximum atomic E-state index is 13.6. The lowest BCUT2D eigenvalue weighted by Gasteiger charge is -2.37. The van der Waals surface area contributed by atoms with Gasteiger partial charge in [-0.3, -0.25) is 4.79 Å². The summed E-state index contributed by atoms with van der Waals surface area (Å²) >= 11 is 0. The monoisotopic (exact) mass is 521 g/mol. The van der Waals surface area contributed by atoms with Crippen LogP contribution in [0.4, 0.5) is 10.3 Å². The van der Waals surface area contributed by atoms with Crippen LogP contribution >= 0.6 is 0 Å². The first-order chi connectivity index (χ1) is 18.4. The number of anilines is 1. The average Bonchev–Trinajstić information content (AvgIpc) is 3.56. The number of aromatic amines is 1. The molecule has 11 nitrogen and oxygen atoms in total. The number of β-amino-alcohol motifs (C(OH)–C–C–N with tert-alkyl or cyclic N) is 1. The van der Waals surface area contributed by atoms with Crippen molar-refractivity contribution in [3.8, 4) is 28.7 Å². The minimum absolute atomic E-state index is 0.114. The van der Waals surface area contributed by atoms with Gasteiger partial charge in [0.1, 0.15) is 5.82 Å². The van der Waals surface area contributed by atoms with Gasteiger partial charge < -0.3 is 29.8 Å². The number of aliphatic hydroxyl groups is 1. The predicted octanol–water partition coefficient (Wildman–Crippen LogP) is 2.64. The van der Waals surface area contributed by atoms with Crippen LogP contribution < -0.4 is 5.32 Å². The molecular formula is C26H28FN7O4. The summed E-state index contributed by atoms with van der Waals surface area (Å²) < 4.78 is 25.6. The van der Waals surface area contributed by atoms with Gasteiger partial charge in [-0.1, -0.05) is 0 Å². The summed E-state index contributed by atoms with van der Waals surface area (Å²) in [4.78, 5) is 31.4. The molecule has 2 aromatic heterocycles. The molecule has 2 aliphatic heterocycles. The molecule has 1 unspecified atom stereocenters. The van der Waals surface area contributed by atoms with Crippen LogP contribution in [0, 0.1) is 22.6 Å². The van der Waals surface area contributed by atoms with E-state index < -0.39 is 17.8 Å². The van der Waals surface area contributed by atoms with Gasteiger partial charge in [-0.15, -0.1) is 0 Å². The number of carbonyl (C=O) groups excluding carboxylic acids is 1. The highest BCUT2D eigenvalue weighted by Crippen LogP contribution is 2.36. The van der Waals surface area contributed by atoms with E-state index in [0.717, 1.165) is 0 Å². The fourth-order valence-corrected chi connectivity index (χ4v) is 4.52. The van der Waals surface area contributed by atoms with Crippen molar-refractivity contribution < 1.29 is 23.8 Å². The van der Waals surface area contributed by atoms with Crippen LogP contribution in [0.25, 0.3) is 22.6 Å². The van der Waals surface area contributed by atoms with Crippen LogP contribution in [0.2, 0.25) is 0 Å². The molecule has 198 valence electrons. The van der Waals surface area contributed by atoms with Gasteiger partial charge in [0.2, 0.25) is 18.1 Å². The van der Waals surface area contributed by atoms with Crippen molar-refractivity contribution >= 4 is 11.9 Å². The summed E-state index contributed by atoms with van der Waals surface area (Å²) in [6, 6.07) is 9.71. The maximum Gasteiger partial charge on any atom is 0.233 e. The largest absolute Gasteiger partial charge is 0.391 e. The predicted molar refractivity (Wildman–Crippen MR) is 134 cm³/mol. The zero-order valence-electron chi connectivity index (χ0n) is 20.9. The molecule has 0 saturated carbocycles. The first-order valence-corrected chi connectivity index (χ1v) is 12.4. The van der Waals surface area contributed by atoms with Crippen molar-refractivity contribution in [1.29, 1.82) is 5.26 Å². The zero-order valence-corrected chi connectivity index (χ0v) is 20.9. The second-order valence-corrected chi connectivity index (χ2v) is 9.66. The molecular weight excluding hydrogens is 493 g/mol. The fourth-order valence-electron chi connectivity index (χ4n) is 4.52. The number of carbonyl (C=O) groups is 1. The number of aliphatic hydroxyl groups excluding tert-OH is 1. The van der Waals surface area contributed by atoms with E-state index in [1.807, 2.05) is 0 Å². The van der Waals surface area contributed by atoms with E-state index in [2.05, 4.69) is 26.3 Å². The molecule has 4 heterocycles. The molecule has 1 amide bonds. The number of hydrogen-bond donors (Lipinski definition) is 3. The molecule has 0 radical (unpaired) electrons. The van der Waals surface area contributed by atoms with Crippen LogP contribution in [-0.2, 0) is 14.3 Å². The van der Waals surface area contributed by atoms with Crippen LogP contribution in [0.15, 0.2) is 36.5 Å². The Hall–Kier alpha value is -3.92. The number of aromatic nitrogens is 4. The Labute approximate surface area is 218 Å². The molecule has 12 heteroatoms. The third-order valence-electron chi connectivity index (χ3n) is 6.57. The number of nitriles is 1. The summed E-state index contributed by atoms with van der Waals surface area (Å²) in [5, 5.41) is 21.6. The topological polar surface area (TPSA) is 149 Å². The van der Waals surface area contributed by atoms with Gasteiger partial charge in [-0.25, -0.2) is 19.3 Å². The summed E-state index contributed by atoms with van der Waals surface area (Å²) in [6.45, 7) is 3.24.